The predicted octanol–water partition coefficient (Wildman–Crippen LogP) is 2.53. The lowest BCUT2D eigenvalue weighted by Crippen LogP contribution is -1.96. The highest BCUT2D eigenvalue weighted by atomic mass is 32.1. The minimum absolute atomic E-state index is 0.0437. The van der Waals surface area contributed by atoms with Crippen molar-refractivity contribution in [3.63, 3.8) is 0 Å². The summed E-state index contributed by atoms with van der Waals surface area (Å²) in [4.78, 5) is 11.5. The van der Waals surface area contributed by atoms with E-state index >= 15 is 0 Å². The van der Waals surface area contributed by atoms with Crippen molar-refractivity contribution in [2.75, 3.05) is 7.11 Å². The number of carbonyl (C=O) groups excluding carboxylic acids is 1. The number of phenolic OH excluding ortho intramolecular Hbond substituents is 1. The molecule has 2 aromatic rings. The third-order valence-electron chi connectivity index (χ3n) is 2.00. The minimum atomic E-state index is -0.532. The molecule has 0 unspecified atom stereocenters. The number of esters is 1. The molecule has 1 aromatic heterocycles. The van der Waals surface area contributed by atoms with Crippen LogP contribution in [0.1, 0.15) is 9.67 Å². The normalized spacial score (nSPS) is 10.5. The zero-order chi connectivity index (χ0) is 11.0. The third-order valence-corrected chi connectivity index (χ3v) is 3.12. The van der Waals surface area contributed by atoms with Crippen LogP contribution < -0.4 is 0 Å². The Bertz CT molecular complexity index is 494. The van der Waals surface area contributed by atoms with Gasteiger partial charge in [-0.2, -0.15) is 0 Å². The van der Waals surface area contributed by atoms with E-state index in [1.165, 1.54) is 19.2 Å². The molecule has 0 radical (unpaired) electrons. The van der Waals surface area contributed by atoms with Crippen molar-refractivity contribution in [3.8, 4) is 5.75 Å². The highest BCUT2D eigenvalue weighted by Gasteiger charge is 2.14. The molecular formula is C10H7FO3S. The summed E-state index contributed by atoms with van der Waals surface area (Å²) in [5.74, 6) is -1.03. The number of benzene rings is 1. The molecule has 2 rings (SSSR count). The summed E-state index contributed by atoms with van der Waals surface area (Å²) in [5.41, 5.74) is 0. The largest absolute Gasteiger partial charge is 0.507 e. The van der Waals surface area contributed by atoms with Crippen molar-refractivity contribution in [1.29, 1.82) is 0 Å². The molecule has 0 bridgehead atoms. The van der Waals surface area contributed by atoms with E-state index < -0.39 is 11.8 Å². The van der Waals surface area contributed by atoms with Gasteiger partial charge in [-0.05, 0) is 18.2 Å². The number of rotatable bonds is 1. The predicted molar refractivity (Wildman–Crippen MR) is 54.8 cm³/mol. The third kappa shape index (κ3) is 1.55. The highest BCUT2D eigenvalue weighted by Crippen LogP contribution is 2.34. The summed E-state index contributed by atoms with van der Waals surface area (Å²) in [6.07, 6.45) is 0. The molecule has 0 aliphatic rings. The van der Waals surface area contributed by atoms with Crippen LogP contribution in [0.2, 0.25) is 0 Å². The lowest BCUT2D eigenvalue weighted by atomic mass is 10.2. The van der Waals surface area contributed by atoms with E-state index in [1.807, 2.05) is 0 Å². The van der Waals surface area contributed by atoms with Gasteiger partial charge in [-0.15, -0.1) is 11.3 Å². The highest BCUT2D eigenvalue weighted by molar-refractivity contribution is 7.20. The Morgan fingerprint density at radius 1 is 1.53 bits per heavy atom. The fourth-order valence-corrected chi connectivity index (χ4v) is 2.28. The first-order chi connectivity index (χ1) is 7.13. The molecule has 0 aliphatic heterocycles. The molecule has 0 atom stereocenters. The average Bonchev–Trinajstić information content (AvgIpc) is 2.68. The monoisotopic (exact) mass is 226 g/mol. The number of halogens is 1. The molecule has 0 saturated carbocycles. The fourth-order valence-electron chi connectivity index (χ4n) is 1.28. The zero-order valence-electron chi connectivity index (χ0n) is 7.78. The maximum Gasteiger partial charge on any atom is 0.348 e. The second-order valence-electron chi connectivity index (χ2n) is 2.91. The van der Waals surface area contributed by atoms with E-state index in [9.17, 15) is 14.3 Å². The summed E-state index contributed by atoms with van der Waals surface area (Å²) in [6, 6.07) is 3.84. The molecule has 5 heteroatoms. The number of fused-ring (bicyclic) bond motifs is 1. The van der Waals surface area contributed by atoms with Gasteiger partial charge in [-0.25, -0.2) is 9.18 Å². The van der Waals surface area contributed by atoms with Crippen LogP contribution >= 0.6 is 11.3 Å². The number of ether oxygens (including phenoxy) is 1. The fraction of sp³-hybridized carbons (Fsp3) is 0.100. The SMILES string of the molecule is COC(=O)c1cc2c(O)ccc(F)c2s1. The number of methoxy groups -OCH3 is 1. The Labute approximate surface area is 88.7 Å². The zero-order valence-corrected chi connectivity index (χ0v) is 8.60. The van der Waals surface area contributed by atoms with Crippen molar-refractivity contribution in [3.05, 3.63) is 28.9 Å². The van der Waals surface area contributed by atoms with Crippen LogP contribution in [0.15, 0.2) is 18.2 Å². The van der Waals surface area contributed by atoms with E-state index in [2.05, 4.69) is 4.74 Å². The van der Waals surface area contributed by atoms with Crippen molar-refractivity contribution >= 4 is 27.4 Å². The molecule has 0 aliphatic carbocycles. The van der Waals surface area contributed by atoms with Gasteiger partial charge in [0.25, 0.3) is 0 Å². The Morgan fingerprint density at radius 3 is 2.87 bits per heavy atom. The van der Waals surface area contributed by atoms with Gasteiger partial charge in [0, 0.05) is 5.39 Å². The minimum Gasteiger partial charge on any atom is -0.507 e. The number of hydrogen-bond acceptors (Lipinski definition) is 4. The molecule has 0 amide bonds. The maximum absolute atomic E-state index is 13.3. The molecule has 15 heavy (non-hydrogen) atoms. The molecular weight excluding hydrogens is 219 g/mol. The van der Waals surface area contributed by atoms with Crippen LogP contribution in [0, 0.1) is 5.82 Å². The van der Waals surface area contributed by atoms with E-state index in [0.717, 1.165) is 17.4 Å². The van der Waals surface area contributed by atoms with Crippen LogP contribution in [0.3, 0.4) is 0 Å². The van der Waals surface area contributed by atoms with Crippen LogP contribution in [0.5, 0.6) is 5.75 Å². The number of hydrogen-bond donors (Lipinski definition) is 1. The van der Waals surface area contributed by atoms with Crippen molar-refractivity contribution in [1.82, 2.24) is 0 Å². The first-order valence-electron chi connectivity index (χ1n) is 4.13. The summed E-state index contributed by atoms with van der Waals surface area (Å²) in [6.45, 7) is 0. The topological polar surface area (TPSA) is 46.5 Å². The quantitative estimate of drug-likeness (QED) is 0.760. The van der Waals surface area contributed by atoms with Crippen LogP contribution in [-0.4, -0.2) is 18.2 Å². The summed E-state index contributed by atoms with van der Waals surface area (Å²) >= 11 is 0.961. The Hall–Kier alpha value is -1.62. The number of carbonyl (C=O) groups is 1. The molecule has 0 saturated heterocycles. The summed E-state index contributed by atoms with van der Waals surface area (Å²) in [5, 5.41) is 9.79. The van der Waals surface area contributed by atoms with Gasteiger partial charge in [0.15, 0.2) is 0 Å². The molecule has 1 heterocycles. The van der Waals surface area contributed by atoms with Crippen LogP contribution in [-0.2, 0) is 4.74 Å². The molecule has 3 nitrogen and oxygen atoms in total. The van der Waals surface area contributed by atoms with Gasteiger partial charge >= 0.3 is 5.97 Å². The average molecular weight is 226 g/mol. The van der Waals surface area contributed by atoms with E-state index in [1.54, 1.807) is 0 Å². The van der Waals surface area contributed by atoms with Crippen LogP contribution in [0.4, 0.5) is 4.39 Å². The molecule has 0 fully saturated rings. The smallest absolute Gasteiger partial charge is 0.348 e. The van der Waals surface area contributed by atoms with E-state index in [4.69, 9.17) is 0 Å². The van der Waals surface area contributed by atoms with Gasteiger partial charge in [-0.1, -0.05) is 0 Å². The number of thiophene rings is 1. The first-order valence-corrected chi connectivity index (χ1v) is 4.94. The lowest BCUT2D eigenvalue weighted by Gasteiger charge is -1.93. The van der Waals surface area contributed by atoms with Crippen molar-refractivity contribution in [2.45, 2.75) is 0 Å². The van der Waals surface area contributed by atoms with Gasteiger partial charge < -0.3 is 9.84 Å². The molecule has 0 spiro atoms. The van der Waals surface area contributed by atoms with Gasteiger partial charge in [0.1, 0.15) is 16.4 Å². The Balaban J connectivity index is 2.70. The van der Waals surface area contributed by atoms with Gasteiger partial charge in [0.05, 0.1) is 11.8 Å². The molecule has 78 valence electrons. The van der Waals surface area contributed by atoms with E-state index in [-0.39, 0.29) is 15.3 Å². The Morgan fingerprint density at radius 2 is 2.27 bits per heavy atom. The van der Waals surface area contributed by atoms with Crippen molar-refractivity contribution in [2.24, 2.45) is 0 Å². The molecule has 1 N–H and O–H groups in total. The Kier molecular flexibility index (Phi) is 2.32. The standard InChI is InChI=1S/C10H7FO3S/c1-14-10(13)8-4-5-7(12)3-2-6(11)9(5)15-8/h2-4,12H,1H3. The second kappa shape index (κ2) is 3.51. The van der Waals surface area contributed by atoms with Gasteiger partial charge in [-0.3, -0.25) is 0 Å². The summed E-state index contributed by atoms with van der Waals surface area (Å²) < 4.78 is 18.1. The summed E-state index contributed by atoms with van der Waals surface area (Å²) in [7, 11) is 1.25. The van der Waals surface area contributed by atoms with Crippen LogP contribution in [0.25, 0.3) is 10.1 Å². The number of aromatic hydroxyl groups is 1. The number of phenols is 1. The second-order valence-corrected chi connectivity index (χ2v) is 3.96. The van der Waals surface area contributed by atoms with E-state index in [0.29, 0.717) is 5.39 Å². The molecule has 1 aromatic carbocycles. The lowest BCUT2D eigenvalue weighted by molar-refractivity contribution is 0.0606. The van der Waals surface area contributed by atoms with Gasteiger partial charge in [0.2, 0.25) is 0 Å². The van der Waals surface area contributed by atoms with Crippen molar-refractivity contribution < 1.29 is 19.0 Å². The maximum atomic E-state index is 13.3. The first kappa shape index (κ1) is 9.92.